The number of carboxylic acid groups (broad SMARTS) is 1. The molecule has 32 N–H and O–H groups in total. The highest BCUT2D eigenvalue weighted by Crippen LogP contribution is 2.17. The minimum atomic E-state index is -2.01. The molecule has 44 nitrogen and oxygen atoms in total. The second-order valence-corrected chi connectivity index (χ2v) is 29.5. The summed E-state index contributed by atoms with van der Waals surface area (Å²) in [5, 5.41) is 104. The van der Waals surface area contributed by atoms with Gasteiger partial charge in [-0.25, -0.2) is 0 Å². The first kappa shape index (κ1) is 105. The van der Waals surface area contributed by atoms with Crippen LogP contribution in [0.3, 0.4) is 0 Å². The van der Waals surface area contributed by atoms with Crippen LogP contribution in [0.1, 0.15) is 102 Å². The fraction of sp³-hybridized carbons (Fsp3) is 0.519. The number of aldehydes is 1. The Labute approximate surface area is 721 Å². The van der Waals surface area contributed by atoms with Gasteiger partial charge in [-0.3, -0.25) is 88.1 Å². The van der Waals surface area contributed by atoms with Crippen molar-refractivity contribution in [2.75, 3.05) is 57.4 Å². The fourth-order valence-corrected chi connectivity index (χ4v) is 12.2. The Kier molecular flexibility index (Phi) is 47.9. The lowest BCUT2D eigenvalue weighted by atomic mass is 9.96. The predicted octanol–water partition coefficient (Wildman–Crippen LogP) is -7.80. The monoisotopic (exact) mass is 1760 g/mol. The first-order valence-electron chi connectivity index (χ1n) is 39.5. The van der Waals surface area contributed by atoms with Gasteiger partial charge in [0.25, 0.3) is 0 Å². The maximum atomic E-state index is 14.7. The molecule has 0 aliphatic heterocycles. The number of aliphatic carboxylic acids is 1. The quantitative estimate of drug-likeness (QED) is 0.00820. The highest BCUT2D eigenvalue weighted by Gasteiger charge is 2.39. The summed E-state index contributed by atoms with van der Waals surface area (Å²) < 4.78 is 0. The number of hydrogen-bond acceptors (Lipinski definition) is 25. The van der Waals surface area contributed by atoms with Gasteiger partial charge in [-0.15, -0.1) is 0 Å². The maximum Gasteiger partial charge on any atom is 0.305 e. The third kappa shape index (κ3) is 39.8. The second-order valence-electron chi connectivity index (χ2n) is 28.7. The molecule has 0 spiro atoms. The molecule has 15 atom stereocenters. The summed E-state index contributed by atoms with van der Waals surface area (Å²) in [4.78, 5) is 220. The SMILES string of the molecule is CC[C@H](C)[C@H](NC(=O)[C@H](CCCNC(=N)N)NC(=O)CNC(=O)CNC(=O)[C@H](Cc1ccccc1)NC(=O)[C@H](CS)NC(=O)[C@H](CO)NC(=O)[C@@H](N)CO)C(=O)N[C@@H](CC(=O)O)C(=O)N[C@@H](CCCNC(=N)N)C(=O)N[C@H](C(=O)N[C@@H](CS)C(=O)N[C@@H](Cc1ccccc1)C(=O)N[C@@H](CCCNC(=N)N)C(=O)N[C@H](C=O)Cc1ccc(O)cc1)[C@@H](C)CC. The third-order valence-electron chi connectivity index (χ3n) is 19.0. The van der Waals surface area contributed by atoms with Crippen molar-refractivity contribution in [2.45, 2.75) is 183 Å². The van der Waals surface area contributed by atoms with Crippen molar-refractivity contribution in [3.63, 3.8) is 0 Å². The lowest BCUT2D eigenvalue weighted by Gasteiger charge is -2.30. The van der Waals surface area contributed by atoms with Gasteiger partial charge in [0, 0.05) is 44.0 Å². The van der Waals surface area contributed by atoms with Crippen LogP contribution in [0.5, 0.6) is 5.75 Å². The average Bonchev–Trinajstić information content (AvgIpc) is 0.845. The van der Waals surface area contributed by atoms with E-state index in [1.54, 1.807) is 93.6 Å². The average molecular weight is 1760 g/mol. The van der Waals surface area contributed by atoms with Crippen LogP contribution in [0.4, 0.5) is 0 Å². The molecule has 3 aromatic carbocycles. The van der Waals surface area contributed by atoms with Crippen LogP contribution in [0.15, 0.2) is 84.9 Å². The summed E-state index contributed by atoms with van der Waals surface area (Å²) in [6, 6.07) is 2.83. The van der Waals surface area contributed by atoms with Crippen molar-refractivity contribution in [3.8, 4) is 5.75 Å². The van der Waals surface area contributed by atoms with E-state index in [-0.39, 0.29) is 108 Å². The summed E-state index contributed by atoms with van der Waals surface area (Å²) in [6.07, 6.45) is -1.01. The van der Waals surface area contributed by atoms with Crippen LogP contribution in [0, 0.1) is 28.1 Å². The molecule has 3 rings (SSSR count). The van der Waals surface area contributed by atoms with Crippen molar-refractivity contribution in [2.24, 2.45) is 34.8 Å². The van der Waals surface area contributed by atoms with Crippen molar-refractivity contribution < 1.29 is 97.1 Å². The van der Waals surface area contributed by atoms with E-state index in [2.05, 4.69) is 116 Å². The standard InChI is InChI=1S/C77H118N24O20S2/c1-5-41(3)61(100-66(113)49(20-13-27-85-75(79)80)91-59(107)35-88-58(106)34-89-64(111)52(31-43-16-9-7-10-17-43)94-71(118)56(39-122)98-70(117)55(38-104)97-63(110)48(78)37-103)73(120)96-54(33-60(108)109)69(116)93-51(22-15-29-87-77(83)84)67(114)101-62(42(4)6-2)74(121)99-57(40-123)72(119)95-53(32-44-18-11-8-12-19-44)68(115)92-50(21-14-28-86-76(81)82)65(112)90-46(36-102)30-45-23-25-47(105)26-24-45/h7-12,16-19,23-26,36,41-42,46,48-57,61-62,103-105,122-123H,5-6,13-15,20-22,27-35,37-40,78H2,1-4H3,(H,88,106)(H,89,111)(H,90,112)(H,91,107)(H,92,115)(H,93,116)(H,94,118)(H,95,119)(H,96,120)(H,97,110)(H,98,117)(H,99,121)(H,100,113)(H,101,114)(H,108,109)(H4,79,80,85)(H4,81,82,86)(H4,83,84,87)/t41-,42-,46-,48-,49-,50-,51-,52-,53-,54-,55-,56-,57-,61-,62-/m0/s1. The number of carboxylic acids is 1. The molecule has 0 heterocycles. The Morgan fingerprint density at radius 3 is 1.15 bits per heavy atom. The topological polar surface area (TPSA) is 734 Å². The van der Waals surface area contributed by atoms with E-state index < -0.39 is 229 Å². The number of carbonyl (C=O) groups excluding carboxylic acids is 15. The van der Waals surface area contributed by atoms with E-state index in [0.29, 0.717) is 23.0 Å². The summed E-state index contributed by atoms with van der Waals surface area (Å²) in [7, 11) is 0. The molecule has 3 aromatic rings. The molecule has 678 valence electrons. The van der Waals surface area contributed by atoms with E-state index in [1.165, 1.54) is 19.1 Å². The molecule has 14 amide bonds. The Morgan fingerprint density at radius 2 is 0.748 bits per heavy atom. The van der Waals surface area contributed by atoms with Crippen LogP contribution < -0.4 is 113 Å². The van der Waals surface area contributed by atoms with Crippen molar-refractivity contribution in [3.05, 3.63) is 102 Å². The molecule has 0 saturated carbocycles. The number of phenolic OH excluding ortho intramolecular Hbond substituents is 1. The zero-order valence-electron chi connectivity index (χ0n) is 68.7. The number of benzene rings is 3. The van der Waals surface area contributed by atoms with Gasteiger partial charge < -0.3 is 139 Å². The van der Waals surface area contributed by atoms with Gasteiger partial charge in [0.1, 0.15) is 84.5 Å². The molecule has 0 radical (unpaired) electrons. The zero-order chi connectivity index (χ0) is 91.8. The molecule has 0 unspecified atom stereocenters. The van der Waals surface area contributed by atoms with Gasteiger partial charge in [0.05, 0.1) is 38.8 Å². The Balaban J connectivity index is 1.88. The normalized spacial score (nSPS) is 14.5. The molecule has 0 aliphatic rings. The van der Waals surface area contributed by atoms with Gasteiger partial charge in [-0.05, 0) is 85.6 Å². The highest BCUT2D eigenvalue weighted by atomic mass is 32.1. The van der Waals surface area contributed by atoms with Crippen LogP contribution in [-0.4, -0.2) is 269 Å². The number of aliphatic hydroxyl groups is 2. The maximum absolute atomic E-state index is 14.7. The number of thiol groups is 2. The van der Waals surface area contributed by atoms with Crippen molar-refractivity contribution >= 4 is 138 Å². The fourth-order valence-electron chi connectivity index (χ4n) is 11.7. The number of aromatic hydroxyl groups is 1. The van der Waals surface area contributed by atoms with Gasteiger partial charge in [-0.1, -0.05) is 113 Å². The number of nitrogens with one attached hydrogen (secondary N) is 20. The Bertz CT molecular complexity index is 4050. The summed E-state index contributed by atoms with van der Waals surface area (Å²) in [6.45, 7) is 3.07. The molecule has 0 saturated heterocycles. The largest absolute Gasteiger partial charge is 0.508 e. The number of amides is 14. The first-order chi connectivity index (χ1) is 58.4. The molecule has 123 heavy (non-hydrogen) atoms. The molecular formula is C77H118N24O20S2. The number of rotatable bonds is 57. The number of nitrogens with two attached hydrogens (primary N) is 4. The molecule has 0 aromatic heterocycles. The van der Waals surface area contributed by atoms with Crippen LogP contribution >= 0.6 is 25.3 Å². The van der Waals surface area contributed by atoms with Gasteiger partial charge in [-0.2, -0.15) is 25.3 Å². The molecule has 0 bridgehead atoms. The van der Waals surface area contributed by atoms with Crippen LogP contribution in [0.25, 0.3) is 0 Å². The van der Waals surface area contributed by atoms with E-state index in [4.69, 9.17) is 39.2 Å². The van der Waals surface area contributed by atoms with E-state index in [0.717, 1.165) is 0 Å². The molecular weight excluding hydrogens is 1650 g/mol. The van der Waals surface area contributed by atoms with E-state index in [9.17, 15) is 97.1 Å². The van der Waals surface area contributed by atoms with E-state index in [1.807, 2.05) is 0 Å². The van der Waals surface area contributed by atoms with E-state index >= 15 is 0 Å². The lowest BCUT2D eigenvalue weighted by Crippen LogP contribution is -2.62. The predicted molar refractivity (Wildman–Crippen MR) is 456 cm³/mol. The Morgan fingerprint density at radius 1 is 0.398 bits per heavy atom. The lowest BCUT2D eigenvalue weighted by molar-refractivity contribution is -0.142. The smallest absolute Gasteiger partial charge is 0.305 e. The number of hydrogen-bond donors (Lipinski definition) is 30. The minimum absolute atomic E-state index is 0.0108. The van der Waals surface area contributed by atoms with Crippen LogP contribution in [0.2, 0.25) is 0 Å². The zero-order valence-corrected chi connectivity index (χ0v) is 70.5. The summed E-state index contributed by atoms with van der Waals surface area (Å²) in [5.74, 6) is -19.1. The third-order valence-corrected chi connectivity index (χ3v) is 19.8. The number of guanidine groups is 3. The highest BCUT2D eigenvalue weighted by molar-refractivity contribution is 7.80. The molecule has 0 aliphatic carbocycles. The minimum Gasteiger partial charge on any atom is -0.508 e. The van der Waals surface area contributed by atoms with Gasteiger partial charge >= 0.3 is 5.97 Å². The second kappa shape index (κ2) is 56.2. The van der Waals surface area contributed by atoms with Crippen LogP contribution in [-0.2, 0) is 96.0 Å². The number of carbonyl (C=O) groups is 16. The van der Waals surface area contributed by atoms with Crippen molar-refractivity contribution in [1.82, 2.24) is 90.4 Å². The van der Waals surface area contributed by atoms with Gasteiger partial charge in [0.15, 0.2) is 17.9 Å². The first-order valence-corrected chi connectivity index (χ1v) is 40.8. The number of phenols is 1. The summed E-state index contributed by atoms with van der Waals surface area (Å²) in [5.41, 5.74) is 23.6. The molecule has 0 fully saturated rings. The molecule has 46 heteroatoms. The number of aliphatic hydroxyl groups excluding tert-OH is 2. The van der Waals surface area contributed by atoms with Crippen molar-refractivity contribution in [1.29, 1.82) is 16.2 Å². The Hall–Kier alpha value is -12.4. The van der Waals surface area contributed by atoms with Gasteiger partial charge in [0.2, 0.25) is 82.7 Å². The summed E-state index contributed by atoms with van der Waals surface area (Å²) >= 11 is 8.49.